The summed E-state index contributed by atoms with van der Waals surface area (Å²) < 4.78 is 13.3. The molecular formula is C23H28FN3O4. The van der Waals surface area contributed by atoms with Crippen LogP contribution in [-0.4, -0.2) is 34.2 Å². The Hall–Kier alpha value is -3.29. The molecule has 2 aromatic carbocycles. The lowest BCUT2D eigenvalue weighted by atomic mass is 10.1. The van der Waals surface area contributed by atoms with Crippen LogP contribution in [0.1, 0.15) is 44.2 Å². The quantitative estimate of drug-likeness (QED) is 0.332. The number of rotatable bonds is 11. The van der Waals surface area contributed by atoms with Crippen molar-refractivity contribution in [2.75, 3.05) is 6.54 Å². The number of nitro groups is 1. The van der Waals surface area contributed by atoms with E-state index in [1.807, 2.05) is 6.92 Å². The van der Waals surface area contributed by atoms with Gasteiger partial charge in [-0.05, 0) is 30.5 Å². The Labute approximate surface area is 181 Å². The average Bonchev–Trinajstić information content (AvgIpc) is 2.75. The molecule has 2 rings (SSSR count). The minimum absolute atomic E-state index is 0.0967. The van der Waals surface area contributed by atoms with Crippen LogP contribution in [-0.2, 0) is 22.6 Å². The van der Waals surface area contributed by atoms with Gasteiger partial charge < -0.3 is 10.2 Å². The minimum Gasteiger partial charge on any atom is -0.354 e. The summed E-state index contributed by atoms with van der Waals surface area (Å²) in [6.07, 6.45) is 1.91. The number of nitrogens with zero attached hydrogens (tertiary/aromatic N) is 2. The number of unbranched alkanes of at least 4 members (excludes halogenated alkanes) is 1. The van der Waals surface area contributed by atoms with Gasteiger partial charge in [0.2, 0.25) is 11.8 Å². The number of halogens is 1. The van der Waals surface area contributed by atoms with E-state index in [2.05, 4.69) is 5.32 Å². The van der Waals surface area contributed by atoms with Gasteiger partial charge in [0.05, 0.1) is 11.3 Å². The van der Waals surface area contributed by atoms with Gasteiger partial charge in [-0.2, -0.15) is 0 Å². The maximum Gasteiger partial charge on any atom is 0.273 e. The van der Waals surface area contributed by atoms with Gasteiger partial charge in [0.25, 0.3) is 5.69 Å². The number of amides is 2. The van der Waals surface area contributed by atoms with Gasteiger partial charge in [-0.25, -0.2) is 4.39 Å². The summed E-state index contributed by atoms with van der Waals surface area (Å²) in [5.41, 5.74) is 0.804. The summed E-state index contributed by atoms with van der Waals surface area (Å²) in [5, 5.41) is 14.2. The predicted molar refractivity (Wildman–Crippen MR) is 116 cm³/mol. The lowest BCUT2D eigenvalue weighted by Gasteiger charge is -2.30. The zero-order chi connectivity index (χ0) is 22.8. The van der Waals surface area contributed by atoms with Gasteiger partial charge in [0.15, 0.2) is 0 Å². The zero-order valence-corrected chi connectivity index (χ0v) is 17.8. The second kappa shape index (κ2) is 11.8. The van der Waals surface area contributed by atoms with E-state index in [1.54, 1.807) is 31.2 Å². The first-order valence-electron chi connectivity index (χ1n) is 10.4. The fourth-order valence-electron chi connectivity index (χ4n) is 3.32. The first kappa shape index (κ1) is 24.0. The molecule has 8 heteroatoms. The van der Waals surface area contributed by atoms with Crippen LogP contribution in [0.5, 0.6) is 0 Å². The Balaban J connectivity index is 2.31. The second-order valence-electron chi connectivity index (χ2n) is 7.28. The molecule has 0 spiro atoms. The van der Waals surface area contributed by atoms with Crippen molar-refractivity contribution in [3.8, 4) is 0 Å². The third-order valence-electron chi connectivity index (χ3n) is 5.01. The highest BCUT2D eigenvalue weighted by atomic mass is 19.1. The van der Waals surface area contributed by atoms with Crippen LogP contribution in [0.4, 0.5) is 10.1 Å². The maximum absolute atomic E-state index is 13.3. The molecule has 0 aromatic heterocycles. The number of carbonyl (C=O) groups is 2. The molecule has 0 aliphatic heterocycles. The molecule has 0 heterocycles. The average molecular weight is 429 g/mol. The summed E-state index contributed by atoms with van der Waals surface area (Å²) in [6, 6.07) is 11.0. The molecule has 2 amide bonds. The number of para-hydroxylation sites is 1. The Morgan fingerprint density at radius 2 is 1.81 bits per heavy atom. The molecule has 0 saturated carbocycles. The molecule has 0 unspecified atom stereocenters. The van der Waals surface area contributed by atoms with Gasteiger partial charge in [0.1, 0.15) is 11.9 Å². The number of nitro benzene ring substituents is 1. The van der Waals surface area contributed by atoms with Gasteiger partial charge >= 0.3 is 0 Å². The summed E-state index contributed by atoms with van der Waals surface area (Å²) in [7, 11) is 0. The number of nitrogens with one attached hydrogen (secondary N) is 1. The van der Waals surface area contributed by atoms with Crippen LogP contribution in [0, 0.1) is 15.9 Å². The molecule has 31 heavy (non-hydrogen) atoms. The van der Waals surface area contributed by atoms with Crippen LogP contribution >= 0.6 is 0 Å². The van der Waals surface area contributed by atoms with Gasteiger partial charge in [0, 0.05) is 24.7 Å². The molecule has 0 aliphatic rings. The predicted octanol–water partition coefficient (Wildman–Crippen LogP) is 4.00. The van der Waals surface area contributed by atoms with Crippen molar-refractivity contribution in [2.24, 2.45) is 0 Å². The molecule has 0 radical (unpaired) electrons. The summed E-state index contributed by atoms with van der Waals surface area (Å²) in [5.74, 6) is -1.07. The van der Waals surface area contributed by atoms with Gasteiger partial charge in [-0.1, -0.05) is 50.6 Å². The topological polar surface area (TPSA) is 92.6 Å². The van der Waals surface area contributed by atoms with Crippen LogP contribution in [0.3, 0.4) is 0 Å². The Kier molecular flexibility index (Phi) is 9.12. The molecule has 166 valence electrons. The van der Waals surface area contributed by atoms with Crippen molar-refractivity contribution in [1.29, 1.82) is 0 Å². The normalized spacial score (nSPS) is 11.6. The minimum atomic E-state index is -0.739. The third-order valence-corrected chi connectivity index (χ3v) is 5.01. The lowest BCUT2D eigenvalue weighted by molar-refractivity contribution is -0.385. The van der Waals surface area contributed by atoms with E-state index in [-0.39, 0.29) is 30.1 Å². The van der Waals surface area contributed by atoms with Crippen molar-refractivity contribution < 1.29 is 18.9 Å². The van der Waals surface area contributed by atoms with Crippen molar-refractivity contribution in [3.05, 3.63) is 75.6 Å². The van der Waals surface area contributed by atoms with E-state index in [9.17, 15) is 24.1 Å². The van der Waals surface area contributed by atoms with Crippen molar-refractivity contribution >= 4 is 17.5 Å². The first-order chi connectivity index (χ1) is 14.9. The molecule has 0 bridgehead atoms. The standard InChI is InChI=1S/C23H28FN3O4/c1-3-5-14-25-23(29)20(4-2)26(16-17-10-12-19(24)13-11-17)22(28)15-18-8-6-7-9-21(18)27(30)31/h6-13,20H,3-5,14-16H2,1-2H3,(H,25,29)/t20-/m1/s1. The van der Waals surface area contributed by atoms with Crippen molar-refractivity contribution in [2.45, 2.75) is 52.1 Å². The van der Waals surface area contributed by atoms with Crippen LogP contribution < -0.4 is 5.32 Å². The highest BCUT2D eigenvalue weighted by Crippen LogP contribution is 2.21. The number of hydrogen-bond donors (Lipinski definition) is 1. The molecule has 0 saturated heterocycles. The molecule has 1 N–H and O–H groups in total. The van der Waals surface area contributed by atoms with Crippen molar-refractivity contribution in [3.63, 3.8) is 0 Å². The second-order valence-corrected chi connectivity index (χ2v) is 7.28. The highest BCUT2D eigenvalue weighted by Gasteiger charge is 2.29. The molecule has 7 nitrogen and oxygen atoms in total. The first-order valence-corrected chi connectivity index (χ1v) is 10.4. The maximum atomic E-state index is 13.3. The summed E-state index contributed by atoms with van der Waals surface area (Å²) in [4.78, 5) is 38.3. The number of carbonyl (C=O) groups excluding carboxylic acids is 2. The van der Waals surface area contributed by atoms with E-state index in [4.69, 9.17) is 0 Å². The molecule has 0 aliphatic carbocycles. The fourth-order valence-corrected chi connectivity index (χ4v) is 3.32. The Bertz CT molecular complexity index is 902. The van der Waals surface area contributed by atoms with Crippen LogP contribution in [0.2, 0.25) is 0 Å². The summed E-state index contributed by atoms with van der Waals surface area (Å²) in [6.45, 7) is 4.43. The summed E-state index contributed by atoms with van der Waals surface area (Å²) >= 11 is 0. The molecule has 0 fully saturated rings. The smallest absolute Gasteiger partial charge is 0.273 e. The zero-order valence-electron chi connectivity index (χ0n) is 17.8. The Morgan fingerprint density at radius 3 is 2.42 bits per heavy atom. The highest BCUT2D eigenvalue weighted by molar-refractivity contribution is 5.88. The third kappa shape index (κ3) is 6.87. The van der Waals surface area contributed by atoms with Crippen LogP contribution in [0.15, 0.2) is 48.5 Å². The van der Waals surface area contributed by atoms with E-state index < -0.39 is 22.7 Å². The monoisotopic (exact) mass is 429 g/mol. The molecule has 1 atom stereocenters. The molecular weight excluding hydrogens is 401 g/mol. The Morgan fingerprint density at radius 1 is 1.13 bits per heavy atom. The van der Waals surface area contributed by atoms with Crippen molar-refractivity contribution in [1.82, 2.24) is 10.2 Å². The number of hydrogen-bond acceptors (Lipinski definition) is 4. The SMILES string of the molecule is CCCCNC(=O)[C@@H](CC)N(Cc1ccc(F)cc1)C(=O)Cc1ccccc1[N+](=O)[O-]. The van der Waals surface area contributed by atoms with Gasteiger partial charge in [-0.3, -0.25) is 19.7 Å². The van der Waals surface area contributed by atoms with Gasteiger partial charge in [-0.15, -0.1) is 0 Å². The molecule has 2 aromatic rings. The largest absolute Gasteiger partial charge is 0.354 e. The van der Waals surface area contributed by atoms with E-state index in [0.29, 0.717) is 18.5 Å². The fraction of sp³-hybridized carbons (Fsp3) is 0.391. The van der Waals surface area contributed by atoms with Crippen LogP contribution in [0.25, 0.3) is 0 Å². The van der Waals surface area contributed by atoms with E-state index in [0.717, 1.165) is 12.8 Å². The van der Waals surface area contributed by atoms with E-state index in [1.165, 1.54) is 29.2 Å². The van der Waals surface area contributed by atoms with E-state index >= 15 is 0 Å². The number of benzene rings is 2. The lowest BCUT2D eigenvalue weighted by Crippen LogP contribution is -2.49.